The monoisotopic (exact) mass is 495 g/mol. The van der Waals surface area contributed by atoms with Crippen LogP contribution in [-0.4, -0.2) is 44.2 Å². The quantitative estimate of drug-likeness (QED) is 0.442. The Hall–Kier alpha value is -1.95. The summed E-state index contributed by atoms with van der Waals surface area (Å²) in [5.74, 6) is -1.71. The zero-order valence-electron chi connectivity index (χ0n) is 15.9. The Balaban J connectivity index is 1.60. The molecule has 0 amide bonds. The highest BCUT2D eigenvalue weighted by molar-refractivity contribution is 7.89. The van der Waals surface area contributed by atoms with E-state index in [1.807, 2.05) is 0 Å². The maximum Gasteiger partial charge on any atom is 0.417 e. The van der Waals surface area contributed by atoms with E-state index in [0.29, 0.717) is 9.21 Å². The van der Waals surface area contributed by atoms with Gasteiger partial charge in [0.25, 0.3) is 0 Å². The Morgan fingerprint density at radius 2 is 1.77 bits per heavy atom. The molecule has 2 aromatic rings. The van der Waals surface area contributed by atoms with Crippen molar-refractivity contribution in [2.45, 2.75) is 23.9 Å². The molecule has 0 unspecified atom stereocenters. The highest BCUT2D eigenvalue weighted by Gasteiger charge is 2.40. The van der Waals surface area contributed by atoms with Gasteiger partial charge in [-0.3, -0.25) is 9.59 Å². The maximum absolute atomic E-state index is 13.2. The number of hydrogen-bond donors (Lipinski definition) is 0. The van der Waals surface area contributed by atoms with Crippen molar-refractivity contribution in [1.29, 1.82) is 0 Å². The Bertz CT molecular complexity index is 1080. The molecule has 1 aliphatic rings. The first-order chi connectivity index (χ1) is 14.5. The highest BCUT2D eigenvalue weighted by atomic mass is 35.5. The Kier molecular flexibility index (Phi) is 7.09. The summed E-state index contributed by atoms with van der Waals surface area (Å²) in [6, 6.07) is 7.05. The molecule has 12 heteroatoms. The lowest BCUT2D eigenvalue weighted by molar-refractivity contribution is -0.148. The summed E-state index contributed by atoms with van der Waals surface area (Å²) in [5.41, 5.74) is -1.23. The summed E-state index contributed by atoms with van der Waals surface area (Å²) in [6.45, 7) is -0.737. The van der Waals surface area contributed by atoms with Crippen LogP contribution < -0.4 is 0 Å². The first-order valence-corrected chi connectivity index (χ1v) is 11.7. The van der Waals surface area contributed by atoms with Crippen molar-refractivity contribution in [3.05, 3.63) is 51.2 Å². The summed E-state index contributed by atoms with van der Waals surface area (Å²) in [7, 11) is -4.39. The minimum atomic E-state index is -4.81. The van der Waals surface area contributed by atoms with Crippen LogP contribution in [-0.2, 0) is 25.7 Å². The molecule has 1 aromatic heterocycles. The number of carbonyl (C=O) groups is 2. The molecule has 0 radical (unpaired) electrons. The number of thiophene rings is 1. The lowest BCUT2D eigenvalue weighted by atomic mass is 9.98. The van der Waals surface area contributed by atoms with Gasteiger partial charge in [0.15, 0.2) is 6.61 Å². The van der Waals surface area contributed by atoms with Crippen LogP contribution in [0.4, 0.5) is 13.2 Å². The average molecular weight is 496 g/mol. The molecule has 2 heterocycles. The molecule has 0 atom stereocenters. The van der Waals surface area contributed by atoms with E-state index in [1.54, 1.807) is 6.07 Å². The number of rotatable bonds is 6. The van der Waals surface area contributed by atoms with Gasteiger partial charge in [0, 0.05) is 13.1 Å². The number of carbonyl (C=O) groups excluding carboxylic acids is 2. The van der Waals surface area contributed by atoms with Gasteiger partial charge in [-0.1, -0.05) is 23.7 Å². The predicted molar refractivity (Wildman–Crippen MR) is 108 cm³/mol. The van der Waals surface area contributed by atoms with E-state index in [1.165, 1.54) is 12.1 Å². The number of sulfonamides is 1. The second-order valence-electron chi connectivity index (χ2n) is 6.81. The van der Waals surface area contributed by atoms with Crippen LogP contribution in [0.25, 0.3) is 0 Å². The molecule has 0 saturated carbocycles. The zero-order valence-corrected chi connectivity index (χ0v) is 18.3. The number of hydrogen-bond acceptors (Lipinski definition) is 6. The van der Waals surface area contributed by atoms with Gasteiger partial charge >= 0.3 is 12.1 Å². The van der Waals surface area contributed by atoms with Crippen LogP contribution >= 0.6 is 22.9 Å². The second kappa shape index (κ2) is 9.27. The summed E-state index contributed by atoms with van der Waals surface area (Å²) < 4.78 is 71.5. The van der Waals surface area contributed by atoms with Crippen LogP contribution in [0.15, 0.2) is 41.3 Å². The van der Waals surface area contributed by atoms with Crippen molar-refractivity contribution >= 4 is 44.7 Å². The van der Waals surface area contributed by atoms with Crippen LogP contribution in [0.5, 0.6) is 0 Å². The number of alkyl halides is 3. The van der Waals surface area contributed by atoms with E-state index >= 15 is 0 Å². The van der Waals surface area contributed by atoms with E-state index < -0.39 is 50.9 Å². The maximum atomic E-state index is 13.2. The van der Waals surface area contributed by atoms with Crippen molar-refractivity contribution in [3.63, 3.8) is 0 Å². The molecule has 3 rings (SSSR count). The minimum absolute atomic E-state index is 0.0747. The van der Waals surface area contributed by atoms with Crippen LogP contribution in [0.3, 0.4) is 0 Å². The fourth-order valence-electron chi connectivity index (χ4n) is 3.19. The summed E-state index contributed by atoms with van der Waals surface area (Å²) in [6.07, 6.45) is -4.67. The third kappa shape index (κ3) is 5.46. The molecule has 1 aromatic carbocycles. The number of halogens is 4. The predicted octanol–water partition coefficient (Wildman–Crippen LogP) is 4.25. The topological polar surface area (TPSA) is 80.8 Å². The molecule has 1 fully saturated rings. The van der Waals surface area contributed by atoms with Crippen molar-refractivity contribution in [2.24, 2.45) is 5.92 Å². The number of ketones is 1. The molecule has 168 valence electrons. The fourth-order valence-corrected chi connectivity index (χ4v) is 5.84. The zero-order chi connectivity index (χ0) is 22.8. The van der Waals surface area contributed by atoms with E-state index in [0.717, 1.165) is 33.8 Å². The molecule has 1 aliphatic heterocycles. The van der Waals surface area contributed by atoms with Crippen molar-refractivity contribution < 1.29 is 35.9 Å². The van der Waals surface area contributed by atoms with E-state index in [4.69, 9.17) is 16.3 Å². The number of esters is 1. The second-order valence-corrected chi connectivity index (χ2v) is 10.4. The number of Topliss-reactive ketones (excluding diaryl/α,β-unsaturated/α-hetero) is 1. The van der Waals surface area contributed by atoms with Gasteiger partial charge in [0.2, 0.25) is 15.8 Å². The average Bonchev–Trinajstić information content (AvgIpc) is 3.17. The minimum Gasteiger partial charge on any atom is -0.457 e. The Morgan fingerprint density at radius 3 is 2.35 bits per heavy atom. The number of piperidine rings is 1. The van der Waals surface area contributed by atoms with Crippen molar-refractivity contribution in [2.75, 3.05) is 19.7 Å². The lowest BCUT2D eigenvalue weighted by Crippen LogP contribution is -2.41. The molecular weight excluding hydrogens is 479 g/mol. The van der Waals surface area contributed by atoms with Crippen LogP contribution in [0, 0.1) is 5.92 Å². The molecule has 0 aliphatic carbocycles. The molecule has 1 saturated heterocycles. The standard InChI is InChI=1S/C19H17ClF3NO5S2/c20-17-6-5-15(30-17)14(25)11-29-18(26)12-7-9-24(10-8-12)31(27,28)16-4-2-1-3-13(16)19(21,22)23/h1-6,12H,7-11H2. The van der Waals surface area contributed by atoms with Crippen molar-refractivity contribution in [1.82, 2.24) is 4.31 Å². The third-order valence-electron chi connectivity index (χ3n) is 4.79. The molecular formula is C19H17ClF3NO5S2. The van der Waals surface area contributed by atoms with Gasteiger partial charge in [-0.05, 0) is 37.1 Å². The largest absolute Gasteiger partial charge is 0.457 e. The van der Waals surface area contributed by atoms with Gasteiger partial charge in [0.05, 0.1) is 25.6 Å². The summed E-state index contributed by atoms with van der Waals surface area (Å²) in [5, 5.41) is 0. The normalized spacial score (nSPS) is 16.3. The highest BCUT2D eigenvalue weighted by Crippen LogP contribution is 2.36. The smallest absolute Gasteiger partial charge is 0.417 e. The fraction of sp³-hybridized carbons (Fsp3) is 0.368. The number of ether oxygens (including phenoxy) is 1. The van der Waals surface area contributed by atoms with Crippen LogP contribution in [0.2, 0.25) is 4.34 Å². The number of nitrogens with zero attached hydrogens (tertiary/aromatic N) is 1. The Labute approximate surface area is 185 Å². The molecule has 0 bridgehead atoms. The molecule has 0 spiro atoms. The van der Waals surface area contributed by atoms with E-state index in [9.17, 15) is 31.2 Å². The van der Waals surface area contributed by atoms with Crippen molar-refractivity contribution in [3.8, 4) is 0 Å². The summed E-state index contributed by atoms with van der Waals surface area (Å²) >= 11 is 6.82. The first kappa shape index (κ1) is 23.7. The third-order valence-corrected chi connectivity index (χ3v) is 8.02. The Morgan fingerprint density at radius 1 is 1.13 bits per heavy atom. The van der Waals surface area contributed by atoms with Gasteiger partial charge in [0.1, 0.15) is 0 Å². The SMILES string of the molecule is O=C(COC(=O)C1CCN(S(=O)(=O)c2ccccc2C(F)(F)F)CC1)c1ccc(Cl)s1. The van der Waals surface area contributed by atoms with Gasteiger partial charge in [-0.15, -0.1) is 11.3 Å². The van der Waals surface area contributed by atoms with Gasteiger partial charge in [-0.25, -0.2) is 8.42 Å². The first-order valence-electron chi connectivity index (χ1n) is 9.11. The summed E-state index contributed by atoms with van der Waals surface area (Å²) in [4.78, 5) is 23.8. The van der Waals surface area contributed by atoms with E-state index in [-0.39, 0.29) is 25.9 Å². The molecule has 31 heavy (non-hydrogen) atoms. The molecule has 0 N–H and O–H groups in total. The van der Waals surface area contributed by atoms with Crippen LogP contribution in [0.1, 0.15) is 28.1 Å². The number of benzene rings is 1. The van der Waals surface area contributed by atoms with E-state index in [2.05, 4.69) is 0 Å². The lowest BCUT2D eigenvalue weighted by Gasteiger charge is -2.30. The molecule has 6 nitrogen and oxygen atoms in total. The van der Waals surface area contributed by atoms with Gasteiger partial charge in [-0.2, -0.15) is 17.5 Å². The van der Waals surface area contributed by atoms with Gasteiger partial charge < -0.3 is 4.74 Å².